The molecule has 0 bridgehead atoms. The van der Waals surface area contributed by atoms with Crippen LogP contribution in [-0.4, -0.2) is 41.3 Å². The van der Waals surface area contributed by atoms with Gasteiger partial charge in [0.2, 0.25) is 5.43 Å². The van der Waals surface area contributed by atoms with Gasteiger partial charge in [0.1, 0.15) is 22.8 Å². The third kappa shape index (κ3) is 3.80. The molecule has 0 saturated carbocycles. The molecule has 1 atom stereocenters. The lowest BCUT2D eigenvalue weighted by atomic mass is 10.1. The Morgan fingerprint density at radius 2 is 2.06 bits per heavy atom. The molecule has 4 rings (SSSR count). The first-order chi connectivity index (χ1) is 15.3. The van der Waals surface area contributed by atoms with Crippen LogP contribution >= 0.6 is 0 Å². The molecule has 2 heterocycles. The van der Waals surface area contributed by atoms with Gasteiger partial charge in [-0.1, -0.05) is 12.1 Å². The molecule has 7 nitrogen and oxygen atoms in total. The number of aromatic hydroxyl groups is 1. The first kappa shape index (κ1) is 21.8. The number of phenols is 1. The van der Waals surface area contributed by atoms with E-state index in [2.05, 4.69) is 10.6 Å². The number of pyridine rings is 1. The molecule has 1 saturated heterocycles. The molecule has 0 radical (unpaired) electrons. The number of aromatic nitrogens is 1. The number of halogens is 2. The highest BCUT2D eigenvalue weighted by Crippen LogP contribution is 2.31. The van der Waals surface area contributed by atoms with Crippen LogP contribution in [0.2, 0.25) is 0 Å². The van der Waals surface area contributed by atoms with E-state index in [-0.39, 0.29) is 46.2 Å². The molecule has 0 aliphatic carbocycles. The summed E-state index contributed by atoms with van der Waals surface area (Å²) in [5.74, 6) is -2.60. The normalized spacial score (nSPS) is 16.4. The molecule has 3 N–H and O–H groups in total. The number of aryl methyl sites for hydroxylation is 1. The molecule has 32 heavy (non-hydrogen) atoms. The van der Waals surface area contributed by atoms with E-state index in [1.54, 1.807) is 24.0 Å². The number of nitrogens with zero attached hydrogens (tertiary/aromatic N) is 2. The van der Waals surface area contributed by atoms with Gasteiger partial charge in [-0.2, -0.15) is 0 Å². The minimum absolute atomic E-state index is 0.0424. The van der Waals surface area contributed by atoms with Gasteiger partial charge in [0, 0.05) is 38.4 Å². The minimum Gasteiger partial charge on any atom is -0.506 e. The number of anilines is 2. The summed E-state index contributed by atoms with van der Waals surface area (Å²) in [4.78, 5) is 27.5. The Kier molecular flexibility index (Phi) is 5.84. The van der Waals surface area contributed by atoms with Crippen molar-refractivity contribution in [3.05, 3.63) is 63.9 Å². The Bertz CT molecular complexity index is 1260. The summed E-state index contributed by atoms with van der Waals surface area (Å²) >= 11 is 0. The quantitative estimate of drug-likeness (QED) is 0.541. The summed E-state index contributed by atoms with van der Waals surface area (Å²) in [5.41, 5.74) is -1.14. The molecule has 168 valence electrons. The molecule has 1 aromatic heterocycles. The molecule has 3 aromatic rings. The monoisotopic (exact) mass is 442 g/mol. The van der Waals surface area contributed by atoms with E-state index in [9.17, 15) is 14.7 Å². The van der Waals surface area contributed by atoms with Crippen LogP contribution in [0.5, 0.6) is 5.75 Å². The highest BCUT2D eigenvalue weighted by Gasteiger charge is 2.27. The van der Waals surface area contributed by atoms with Crippen LogP contribution < -0.4 is 21.0 Å². The number of hydrogen-bond donors (Lipinski definition) is 3. The third-order valence-corrected chi connectivity index (χ3v) is 5.65. The summed E-state index contributed by atoms with van der Waals surface area (Å²) in [6.07, 6.45) is 1.27. The predicted molar refractivity (Wildman–Crippen MR) is 120 cm³/mol. The largest absolute Gasteiger partial charge is 0.506 e. The number of hydrogen-bond acceptors (Lipinski definition) is 5. The summed E-state index contributed by atoms with van der Waals surface area (Å²) in [6.45, 7) is 5.37. The van der Waals surface area contributed by atoms with Crippen molar-refractivity contribution in [1.29, 1.82) is 0 Å². The van der Waals surface area contributed by atoms with Gasteiger partial charge in [0.15, 0.2) is 5.82 Å². The smallest absolute Gasteiger partial charge is 0.261 e. The second-order valence-corrected chi connectivity index (χ2v) is 7.85. The lowest BCUT2D eigenvalue weighted by molar-refractivity contribution is 0.102. The molecule has 1 aliphatic heterocycles. The highest BCUT2D eigenvalue weighted by atomic mass is 19.1. The van der Waals surface area contributed by atoms with E-state index < -0.39 is 23.0 Å². The maximum absolute atomic E-state index is 15.6. The SMILES string of the molecule is CCn1cc(C(=O)Nc2ccccc2O)c(=O)c2cc(F)c(N3CCNC(C)C3)c(F)c21. The maximum Gasteiger partial charge on any atom is 0.261 e. The summed E-state index contributed by atoms with van der Waals surface area (Å²) < 4.78 is 32.1. The van der Waals surface area contributed by atoms with Crippen molar-refractivity contribution in [2.75, 3.05) is 29.9 Å². The lowest BCUT2D eigenvalue weighted by Gasteiger charge is -2.34. The Morgan fingerprint density at radius 1 is 1.31 bits per heavy atom. The average Bonchev–Trinajstić information content (AvgIpc) is 2.76. The zero-order valence-electron chi connectivity index (χ0n) is 17.8. The van der Waals surface area contributed by atoms with E-state index in [1.165, 1.54) is 22.9 Å². The van der Waals surface area contributed by atoms with Crippen molar-refractivity contribution in [3.8, 4) is 5.75 Å². The second-order valence-electron chi connectivity index (χ2n) is 7.85. The summed E-state index contributed by atoms with van der Waals surface area (Å²) in [5, 5.41) is 15.4. The van der Waals surface area contributed by atoms with Crippen LogP contribution in [-0.2, 0) is 6.54 Å². The van der Waals surface area contributed by atoms with Gasteiger partial charge in [-0.25, -0.2) is 8.78 Å². The minimum atomic E-state index is -0.845. The Hall–Kier alpha value is -3.46. The number of phenolic OH excluding ortho intramolecular Hbond substituents is 1. The number of piperazine rings is 1. The first-order valence-corrected chi connectivity index (χ1v) is 10.4. The van der Waals surface area contributed by atoms with Crippen molar-refractivity contribution in [3.63, 3.8) is 0 Å². The van der Waals surface area contributed by atoms with Gasteiger partial charge < -0.3 is 25.2 Å². The fraction of sp³-hybridized carbons (Fsp3) is 0.304. The predicted octanol–water partition coefficient (Wildman–Crippen LogP) is 3.06. The van der Waals surface area contributed by atoms with Crippen molar-refractivity contribution in [1.82, 2.24) is 9.88 Å². The van der Waals surface area contributed by atoms with E-state index in [1.807, 2.05) is 6.92 Å². The van der Waals surface area contributed by atoms with Gasteiger partial charge in [0.25, 0.3) is 5.91 Å². The lowest BCUT2D eigenvalue weighted by Crippen LogP contribution is -2.49. The molecule has 1 unspecified atom stereocenters. The van der Waals surface area contributed by atoms with Crippen molar-refractivity contribution >= 4 is 28.2 Å². The maximum atomic E-state index is 15.6. The molecule has 1 fully saturated rings. The number of nitrogens with one attached hydrogen (secondary N) is 2. The zero-order valence-corrected chi connectivity index (χ0v) is 17.8. The van der Waals surface area contributed by atoms with Gasteiger partial charge in [-0.3, -0.25) is 9.59 Å². The standard InChI is InChI=1S/C23H24F2N4O3/c1-3-28-12-15(23(32)27-17-6-4-5-7-18(17)30)22(31)14-10-16(24)21(19(25)20(14)28)29-9-8-26-13(2)11-29/h4-7,10,12-13,26,30H,3,8-9,11H2,1-2H3,(H,27,32). The number of benzene rings is 2. The molecule has 2 aromatic carbocycles. The first-order valence-electron chi connectivity index (χ1n) is 10.4. The Balaban J connectivity index is 1.84. The number of carbonyl (C=O) groups is 1. The molecule has 0 spiro atoms. The topological polar surface area (TPSA) is 86.6 Å². The van der Waals surface area contributed by atoms with Gasteiger partial charge in [0.05, 0.1) is 16.6 Å². The van der Waals surface area contributed by atoms with Crippen molar-refractivity contribution in [2.24, 2.45) is 0 Å². The van der Waals surface area contributed by atoms with Crippen LogP contribution in [0.4, 0.5) is 20.2 Å². The van der Waals surface area contributed by atoms with Crippen LogP contribution in [0.3, 0.4) is 0 Å². The van der Waals surface area contributed by atoms with E-state index >= 15 is 8.78 Å². The zero-order chi connectivity index (χ0) is 23.0. The molecule has 9 heteroatoms. The van der Waals surface area contributed by atoms with Crippen LogP contribution in [0, 0.1) is 11.6 Å². The summed E-state index contributed by atoms with van der Waals surface area (Å²) in [7, 11) is 0. The fourth-order valence-electron chi connectivity index (χ4n) is 4.08. The third-order valence-electron chi connectivity index (χ3n) is 5.65. The Morgan fingerprint density at radius 3 is 2.75 bits per heavy atom. The number of para-hydroxylation sites is 2. The van der Waals surface area contributed by atoms with Crippen molar-refractivity contribution in [2.45, 2.75) is 26.4 Å². The van der Waals surface area contributed by atoms with Crippen LogP contribution in [0.25, 0.3) is 10.9 Å². The Labute approximate surface area is 183 Å². The molecular weight excluding hydrogens is 418 g/mol. The van der Waals surface area contributed by atoms with Gasteiger partial charge >= 0.3 is 0 Å². The fourth-order valence-corrected chi connectivity index (χ4v) is 4.08. The molecule has 1 amide bonds. The number of fused-ring (bicyclic) bond motifs is 1. The highest BCUT2D eigenvalue weighted by molar-refractivity contribution is 6.06. The van der Waals surface area contributed by atoms with Gasteiger partial charge in [-0.05, 0) is 32.0 Å². The van der Waals surface area contributed by atoms with E-state index in [0.29, 0.717) is 19.6 Å². The number of amides is 1. The molecule has 1 aliphatic rings. The number of carbonyl (C=O) groups excluding carboxylic acids is 1. The van der Waals surface area contributed by atoms with Crippen molar-refractivity contribution < 1.29 is 18.7 Å². The number of rotatable bonds is 4. The van der Waals surface area contributed by atoms with Crippen LogP contribution in [0.1, 0.15) is 24.2 Å². The van der Waals surface area contributed by atoms with Crippen LogP contribution in [0.15, 0.2) is 41.3 Å². The molecular formula is C23H24F2N4O3. The van der Waals surface area contributed by atoms with Gasteiger partial charge in [-0.15, -0.1) is 0 Å². The average molecular weight is 442 g/mol. The van der Waals surface area contributed by atoms with E-state index in [0.717, 1.165) is 6.07 Å². The van der Waals surface area contributed by atoms with E-state index in [4.69, 9.17) is 0 Å². The summed E-state index contributed by atoms with van der Waals surface area (Å²) in [6, 6.07) is 7.14. The second kappa shape index (κ2) is 8.58.